The van der Waals surface area contributed by atoms with Crippen LogP contribution in [0.25, 0.3) is 21.5 Å². The Bertz CT molecular complexity index is 1570. The third-order valence-electron chi connectivity index (χ3n) is 5.16. The van der Waals surface area contributed by atoms with E-state index < -0.39 is 9.84 Å². The number of nitrogens with zero attached hydrogens (tertiary/aromatic N) is 3. The number of carbonyl (C=O) groups excluding carboxylic acids is 1. The molecule has 0 unspecified atom stereocenters. The third kappa shape index (κ3) is 4.33. The number of pyridine rings is 1. The van der Waals surface area contributed by atoms with Crippen LogP contribution in [0.3, 0.4) is 0 Å². The fourth-order valence-corrected chi connectivity index (χ4v) is 5.66. The lowest BCUT2D eigenvalue weighted by molar-refractivity contribution is 0.0955. The van der Waals surface area contributed by atoms with Gasteiger partial charge in [0.2, 0.25) is 21.6 Å². The van der Waals surface area contributed by atoms with Gasteiger partial charge in [0, 0.05) is 31.4 Å². The minimum absolute atomic E-state index is 0.132. The lowest BCUT2D eigenvalue weighted by Gasteiger charge is -2.08. The van der Waals surface area contributed by atoms with Crippen molar-refractivity contribution in [3.63, 3.8) is 0 Å². The van der Waals surface area contributed by atoms with E-state index in [4.69, 9.17) is 4.52 Å². The summed E-state index contributed by atoms with van der Waals surface area (Å²) in [5.41, 5.74) is 1.33. The molecule has 0 fully saturated rings. The first kappa shape index (κ1) is 21.9. The first-order valence-electron chi connectivity index (χ1n) is 10.3. The second-order valence-electron chi connectivity index (χ2n) is 7.52. The zero-order valence-electron chi connectivity index (χ0n) is 17.9. The summed E-state index contributed by atoms with van der Waals surface area (Å²) in [5, 5.41) is 7.69. The Hall–Kier alpha value is -3.89. The molecule has 3 aromatic heterocycles. The van der Waals surface area contributed by atoms with Crippen LogP contribution >= 0.6 is 11.3 Å². The SMILES string of the molecule is Cc1nc(-c2cccc(S(=O)(=O)c3ccc(CNC(=O)c4cc5ccncc5s4)cc3)c2)no1. The Labute approximate surface area is 199 Å². The normalized spacial score (nSPS) is 11.6. The molecule has 5 aromatic rings. The molecule has 1 N–H and O–H groups in total. The predicted octanol–water partition coefficient (Wildman–Crippen LogP) is 4.42. The average Bonchev–Trinajstić information content (AvgIpc) is 3.49. The average molecular weight is 491 g/mol. The molecule has 3 heterocycles. The summed E-state index contributed by atoms with van der Waals surface area (Å²) in [7, 11) is -3.75. The van der Waals surface area contributed by atoms with Gasteiger partial charge in [-0.25, -0.2) is 8.42 Å². The number of rotatable bonds is 6. The van der Waals surface area contributed by atoms with Crippen LogP contribution in [-0.2, 0) is 16.4 Å². The molecule has 170 valence electrons. The van der Waals surface area contributed by atoms with Crippen molar-refractivity contribution in [2.24, 2.45) is 0 Å². The standard InChI is InChI=1S/C24H18N4O4S2/c1-15-27-23(28-32-15)18-3-2-4-20(11-18)34(30,31)19-7-5-16(6-8-19)13-26-24(29)21-12-17-9-10-25-14-22(17)33-21/h2-12,14H,13H2,1H3,(H,26,29). The molecule has 10 heteroatoms. The molecule has 0 spiro atoms. The molecule has 0 aliphatic heterocycles. The molecule has 0 bridgehead atoms. The summed E-state index contributed by atoms with van der Waals surface area (Å²) >= 11 is 1.38. The number of aromatic nitrogens is 3. The quantitative estimate of drug-likeness (QED) is 0.375. The highest BCUT2D eigenvalue weighted by Gasteiger charge is 2.19. The van der Waals surface area contributed by atoms with Crippen molar-refractivity contribution in [3.05, 3.63) is 89.4 Å². The first-order valence-corrected chi connectivity index (χ1v) is 12.6. The van der Waals surface area contributed by atoms with Crippen LogP contribution in [0, 0.1) is 6.92 Å². The molecule has 0 aliphatic carbocycles. The summed E-state index contributed by atoms with van der Waals surface area (Å²) in [5.74, 6) is 0.539. The molecule has 2 aromatic carbocycles. The summed E-state index contributed by atoms with van der Waals surface area (Å²) in [6.45, 7) is 1.94. The van der Waals surface area contributed by atoms with Gasteiger partial charge in [0.1, 0.15) is 0 Å². The molecule has 0 radical (unpaired) electrons. The van der Waals surface area contributed by atoms with E-state index in [1.807, 2.05) is 12.1 Å². The number of sulfone groups is 1. The largest absolute Gasteiger partial charge is 0.347 e. The maximum absolute atomic E-state index is 13.1. The lowest BCUT2D eigenvalue weighted by atomic mass is 10.2. The number of fused-ring (bicyclic) bond motifs is 1. The number of amides is 1. The highest BCUT2D eigenvalue weighted by Crippen LogP contribution is 2.26. The van der Waals surface area contributed by atoms with Gasteiger partial charge >= 0.3 is 0 Å². The number of aryl methyl sites for hydroxylation is 1. The van der Waals surface area contributed by atoms with E-state index in [-0.39, 0.29) is 22.2 Å². The van der Waals surface area contributed by atoms with Crippen LogP contribution in [0.1, 0.15) is 21.1 Å². The van der Waals surface area contributed by atoms with E-state index >= 15 is 0 Å². The highest BCUT2D eigenvalue weighted by molar-refractivity contribution is 7.91. The fourth-order valence-electron chi connectivity index (χ4n) is 3.41. The van der Waals surface area contributed by atoms with Gasteiger partial charge in [-0.1, -0.05) is 29.4 Å². The van der Waals surface area contributed by atoms with Crippen LogP contribution in [0.4, 0.5) is 0 Å². The summed E-state index contributed by atoms with van der Waals surface area (Å²) in [4.78, 5) is 21.6. The topological polar surface area (TPSA) is 115 Å². The van der Waals surface area contributed by atoms with Crippen LogP contribution in [-0.4, -0.2) is 29.4 Å². The maximum Gasteiger partial charge on any atom is 0.261 e. The van der Waals surface area contributed by atoms with Crippen LogP contribution in [0.5, 0.6) is 0 Å². The highest BCUT2D eigenvalue weighted by atomic mass is 32.2. The van der Waals surface area contributed by atoms with Gasteiger partial charge in [-0.3, -0.25) is 9.78 Å². The van der Waals surface area contributed by atoms with E-state index in [0.717, 1.165) is 15.6 Å². The van der Waals surface area contributed by atoms with Crippen molar-refractivity contribution >= 4 is 37.2 Å². The molecular weight excluding hydrogens is 472 g/mol. The molecule has 0 atom stereocenters. The van der Waals surface area contributed by atoms with Gasteiger partial charge in [0.25, 0.3) is 5.91 Å². The minimum Gasteiger partial charge on any atom is -0.347 e. The zero-order valence-corrected chi connectivity index (χ0v) is 19.6. The number of carbonyl (C=O) groups is 1. The zero-order chi connectivity index (χ0) is 23.7. The van der Waals surface area contributed by atoms with E-state index in [2.05, 4.69) is 20.4 Å². The number of benzene rings is 2. The third-order valence-corrected chi connectivity index (χ3v) is 8.02. The Morgan fingerprint density at radius 2 is 1.88 bits per heavy atom. The molecule has 1 amide bonds. The second kappa shape index (κ2) is 8.81. The molecule has 34 heavy (non-hydrogen) atoms. The van der Waals surface area contributed by atoms with Crippen molar-refractivity contribution < 1.29 is 17.7 Å². The van der Waals surface area contributed by atoms with Crippen molar-refractivity contribution in [3.8, 4) is 11.4 Å². The maximum atomic E-state index is 13.1. The van der Waals surface area contributed by atoms with E-state index in [1.165, 1.54) is 35.6 Å². The van der Waals surface area contributed by atoms with Gasteiger partial charge < -0.3 is 9.84 Å². The van der Waals surface area contributed by atoms with Crippen molar-refractivity contribution in [1.29, 1.82) is 0 Å². The van der Waals surface area contributed by atoms with Crippen molar-refractivity contribution in [1.82, 2.24) is 20.4 Å². The van der Waals surface area contributed by atoms with Gasteiger partial charge in [-0.05, 0) is 47.3 Å². The Morgan fingerprint density at radius 3 is 2.62 bits per heavy atom. The second-order valence-corrected chi connectivity index (χ2v) is 10.6. The predicted molar refractivity (Wildman–Crippen MR) is 127 cm³/mol. The molecule has 5 rings (SSSR count). The smallest absolute Gasteiger partial charge is 0.261 e. The monoisotopic (exact) mass is 490 g/mol. The number of thiophene rings is 1. The Morgan fingerprint density at radius 1 is 1.06 bits per heavy atom. The summed E-state index contributed by atoms with van der Waals surface area (Å²) in [6, 6.07) is 16.6. The number of nitrogens with one attached hydrogen (secondary N) is 1. The molecule has 0 saturated heterocycles. The van der Waals surface area contributed by atoms with Gasteiger partial charge in [-0.15, -0.1) is 11.3 Å². The Kier molecular flexibility index (Phi) is 5.68. The minimum atomic E-state index is -3.75. The Balaban J connectivity index is 1.30. The van der Waals surface area contributed by atoms with E-state index in [0.29, 0.717) is 22.2 Å². The van der Waals surface area contributed by atoms with E-state index in [1.54, 1.807) is 43.6 Å². The molecule has 8 nitrogen and oxygen atoms in total. The summed E-state index contributed by atoms with van der Waals surface area (Å²) in [6.07, 6.45) is 3.42. The van der Waals surface area contributed by atoms with E-state index in [9.17, 15) is 13.2 Å². The fraction of sp³-hybridized carbons (Fsp3) is 0.0833. The van der Waals surface area contributed by atoms with Gasteiger partial charge in [0.05, 0.1) is 19.4 Å². The van der Waals surface area contributed by atoms with Gasteiger partial charge in [-0.2, -0.15) is 4.98 Å². The van der Waals surface area contributed by atoms with Crippen molar-refractivity contribution in [2.45, 2.75) is 23.3 Å². The van der Waals surface area contributed by atoms with Crippen LogP contribution < -0.4 is 5.32 Å². The van der Waals surface area contributed by atoms with Crippen LogP contribution in [0.2, 0.25) is 0 Å². The number of hydrogen-bond donors (Lipinski definition) is 1. The van der Waals surface area contributed by atoms with Crippen LogP contribution in [0.15, 0.2) is 87.4 Å². The molecular formula is C24H18N4O4S2. The molecule has 0 aliphatic rings. The van der Waals surface area contributed by atoms with Gasteiger partial charge in [0.15, 0.2) is 0 Å². The summed E-state index contributed by atoms with van der Waals surface area (Å²) < 4.78 is 32.2. The first-order chi connectivity index (χ1) is 16.4. The molecule has 0 saturated carbocycles. The number of hydrogen-bond acceptors (Lipinski definition) is 8. The van der Waals surface area contributed by atoms with Crippen molar-refractivity contribution in [2.75, 3.05) is 0 Å². The lowest BCUT2D eigenvalue weighted by Crippen LogP contribution is -2.21.